The molecule has 0 spiro atoms. The van der Waals surface area contributed by atoms with Crippen molar-refractivity contribution >= 4 is 15.7 Å². The summed E-state index contributed by atoms with van der Waals surface area (Å²) in [5.74, 6) is 0. The van der Waals surface area contributed by atoms with E-state index in [1.54, 1.807) is 0 Å². The van der Waals surface area contributed by atoms with Gasteiger partial charge in [-0.05, 0) is 24.6 Å². The standard InChI is InChI=1S/C12H19N3O2S/c1-10(2)18(16,17)14-13-9-11-5-7-12(8-6-11)15(3)4/h5-8,13-14H,1,9H2,2-4H3. The van der Waals surface area contributed by atoms with E-state index in [-0.39, 0.29) is 4.91 Å². The number of nitrogens with zero attached hydrogens (tertiary/aromatic N) is 1. The van der Waals surface area contributed by atoms with E-state index in [4.69, 9.17) is 0 Å². The summed E-state index contributed by atoms with van der Waals surface area (Å²) in [6.45, 7) is 5.24. The van der Waals surface area contributed by atoms with Crippen LogP contribution in [0.25, 0.3) is 0 Å². The summed E-state index contributed by atoms with van der Waals surface area (Å²) in [5.41, 5.74) is 4.75. The lowest BCUT2D eigenvalue weighted by Gasteiger charge is -2.13. The molecule has 5 nitrogen and oxygen atoms in total. The molecule has 0 amide bonds. The minimum atomic E-state index is -3.45. The van der Waals surface area contributed by atoms with Crippen LogP contribution in [0.4, 0.5) is 5.69 Å². The molecule has 100 valence electrons. The van der Waals surface area contributed by atoms with Crippen molar-refractivity contribution in [1.82, 2.24) is 10.3 Å². The zero-order valence-electron chi connectivity index (χ0n) is 10.9. The molecule has 0 saturated carbocycles. The molecule has 0 fully saturated rings. The first-order chi connectivity index (χ1) is 8.33. The Morgan fingerprint density at radius 3 is 2.28 bits per heavy atom. The number of hydrogen-bond donors (Lipinski definition) is 2. The fraction of sp³-hybridized carbons (Fsp3) is 0.333. The molecule has 1 aromatic carbocycles. The predicted octanol–water partition coefficient (Wildman–Crippen LogP) is 1.21. The van der Waals surface area contributed by atoms with Crippen molar-refractivity contribution in [3.63, 3.8) is 0 Å². The van der Waals surface area contributed by atoms with Gasteiger partial charge in [-0.15, -0.1) is 4.83 Å². The summed E-state index contributed by atoms with van der Waals surface area (Å²) in [6, 6.07) is 7.84. The molecule has 0 saturated heterocycles. The smallest absolute Gasteiger partial charge is 0.248 e. The highest BCUT2D eigenvalue weighted by atomic mass is 32.2. The number of hydrazine groups is 1. The van der Waals surface area contributed by atoms with E-state index in [0.717, 1.165) is 11.3 Å². The molecule has 0 heterocycles. The van der Waals surface area contributed by atoms with Crippen molar-refractivity contribution in [2.24, 2.45) is 0 Å². The van der Waals surface area contributed by atoms with Crippen molar-refractivity contribution in [2.45, 2.75) is 13.5 Å². The molecular weight excluding hydrogens is 250 g/mol. The Morgan fingerprint density at radius 2 is 1.83 bits per heavy atom. The third kappa shape index (κ3) is 4.14. The van der Waals surface area contributed by atoms with Gasteiger partial charge < -0.3 is 4.90 Å². The molecule has 0 aliphatic rings. The number of allylic oxidation sites excluding steroid dienone is 1. The lowest BCUT2D eigenvalue weighted by atomic mass is 10.2. The van der Waals surface area contributed by atoms with Crippen molar-refractivity contribution in [3.8, 4) is 0 Å². The second-order valence-electron chi connectivity index (χ2n) is 4.22. The molecule has 0 aromatic heterocycles. The molecule has 0 atom stereocenters. The van der Waals surface area contributed by atoms with Crippen molar-refractivity contribution in [1.29, 1.82) is 0 Å². The number of rotatable bonds is 6. The quantitative estimate of drug-likeness (QED) is 0.762. The van der Waals surface area contributed by atoms with Crippen molar-refractivity contribution in [3.05, 3.63) is 41.3 Å². The number of benzene rings is 1. The first kappa shape index (κ1) is 14.7. The lowest BCUT2D eigenvalue weighted by molar-refractivity contribution is 0.561. The van der Waals surface area contributed by atoms with Crippen molar-refractivity contribution < 1.29 is 8.42 Å². The molecule has 0 aliphatic carbocycles. The summed E-state index contributed by atoms with van der Waals surface area (Å²) in [7, 11) is 0.479. The van der Waals surface area contributed by atoms with Gasteiger partial charge in [0, 0.05) is 26.3 Å². The Kier molecular flexibility index (Phi) is 4.89. The SMILES string of the molecule is C=C(C)S(=O)(=O)NNCc1ccc(N(C)C)cc1. The molecule has 1 aromatic rings. The zero-order valence-corrected chi connectivity index (χ0v) is 11.7. The minimum absolute atomic E-state index is 0.0814. The van der Waals surface area contributed by atoms with Crippen LogP contribution >= 0.6 is 0 Å². The molecule has 0 unspecified atom stereocenters. The number of hydrogen-bond acceptors (Lipinski definition) is 4. The first-order valence-corrected chi connectivity index (χ1v) is 6.97. The summed E-state index contributed by atoms with van der Waals surface area (Å²) in [5, 5.41) is 0. The predicted molar refractivity (Wildman–Crippen MR) is 74.5 cm³/mol. The Balaban J connectivity index is 2.52. The third-order valence-corrected chi connectivity index (χ3v) is 3.74. The van der Waals surface area contributed by atoms with E-state index in [2.05, 4.69) is 16.8 Å². The van der Waals surface area contributed by atoms with Crippen LogP contribution in [0, 0.1) is 0 Å². The van der Waals surface area contributed by atoms with Gasteiger partial charge in [0.15, 0.2) is 0 Å². The van der Waals surface area contributed by atoms with Crippen LogP contribution < -0.4 is 15.2 Å². The Morgan fingerprint density at radius 1 is 1.28 bits per heavy atom. The molecule has 2 N–H and O–H groups in total. The maximum absolute atomic E-state index is 11.4. The second kappa shape index (κ2) is 5.99. The number of sulfonamides is 1. The highest BCUT2D eigenvalue weighted by Gasteiger charge is 2.09. The Labute approximate surface area is 109 Å². The summed E-state index contributed by atoms with van der Waals surface area (Å²) in [6.07, 6.45) is 0. The first-order valence-electron chi connectivity index (χ1n) is 5.49. The van der Waals surface area contributed by atoms with Crippen LogP contribution in [0.2, 0.25) is 0 Å². The van der Waals surface area contributed by atoms with Gasteiger partial charge in [0.05, 0.1) is 4.91 Å². The van der Waals surface area contributed by atoms with Gasteiger partial charge in [-0.1, -0.05) is 18.7 Å². The summed E-state index contributed by atoms with van der Waals surface area (Å²) in [4.78, 5) is 4.34. The fourth-order valence-electron chi connectivity index (χ4n) is 1.23. The largest absolute Gasteiger partial charge is 0.378 e. The molecule has 0 radical (unpaired) electrons. The van der Waals surface area contributed by atoms with Crippen LogP contribution in [0.15, 0.2) is 35.7 Å². The summed E-state index contributed by atoms with van der Waals surface area (Å²) < 4.78 is 22.8. The Hall–Kier alpha value is -1.37. The molecule has 1 rings (SSSR count). The zero-order chi connectivity index (χ0) is 13.8. The molecule has 0 aliphatic heterocycles. The van der Waals surface area contributed by atoms with E-state index in [9.17, 15) is 8.42 Å². The van der Waals surface area contributed by atoms with Crippen LogP contribution in [0.3, 0.4) is 0 Å². The fourth-order valence-corrected chi connectivity index (χ4v) is 1.67. The van der Waals surface area contributed by atoms with Crippen LogP contribution in [0.1, 0.15) is 12.5 Å². The normalized spacial score (nSPS) is 11.3. The van der Waals surface area contributed by atoms with E-state index >= 15 is 0 Å². The van der Waals surface area contributed by atoms with Gasteiger partial charge in [0.25, 0.3) is 0 Å². The maximum atomic E-state index is 11.4. The van der Waals surface area contributed by atoms with E-state index in [1.165, 1.54) is 6.92 Å². The molecule has 18 heavy (non-hydrogen) atoms. The van der Waals surface area contributed by atoms with Gasteiger partial charge in [-0.25, -0.2) is 13.8 Å². The van der Waals surface area contributed by atoms with Crippen molar-refractivity contribution in [2.75, 3.05) is 19.0 Å². The van der Waals surface area contributed by atoms with Gasteiger partial charge in [-0.3, -0.25) is 0 Å². The van der Waals surface area contributed by atoms with Crippen LogP contribution in [-0.2, 0) is 16.6 Å². The van der Waals surface area contributed by atoms with Crippen LogP contribution in [0.5, 0.6) is 0 Å². The topological polar surface area (TPSA) is 61.4 Å². The number of nitrogens with one attached hydrogen (secondary N) is 2. The van der Waals surface area contributed by atoms with E-state index in [1.807, 2.05) is 43.3 Å². The molecule has 0 bridgehead atoms. The van der Waals surface area contributed by atoms with Crippen LogP contribution in [-0.4, -0.2) is 22.5 Å². The Bertz CT molecular complexity index is 507. The minimum Gasteiger partial charge on any atom is -0.378 e. The average molecular weight is 269 g/mol. The molecular formula is C12H19N3O2S. The molecule has 6 heteroatoms. The average Bonchev–Trinajstić information content (AvgIpc) is 2.29. The monoisotopic (exact) mass is 269 g/mol. The number of anilines is 1. The highest BCUT2D eigenvalue weighted by Crippen LogP contribution is 2.11. The maximum Gasteiger partial charge on any atom is 0.248 e. The van der Waals surface area contributed by atoms with Gasteiger partial charge in [-0.2, -0.15) is 0 Å². The third-order valence-electron chi connectivity index (χ3n) is 2.41. The van der Waals surface area contributed by atoms with E-state index < -0.39 is 10.0 Å². The van der Waals surface area contributed by atoms with E-state index in [0.29, 0.717) is 6.54 Å². The summed E-state index contributed by atoms with van der Waals surface area (Å²) >= 11 is 0. The van der Waals surface area contributed by atoms with Gasteiger partial charge in [0.2, 0.25) is 10.0 Å². The highest BCUT2D eigenvalue weighted by molar-refractivity contribution is 7.93. The van der Waals surface area contributed by atoms with Gasteiger partial charge in [0.1, 0.15) is 0 Å². The second-order valence-corrected chi connectivity index (χ2v) is 6.13. The van der Waals surface area contributed by atoms with Gasteiger partial charge >= 0.3 is 0 Å². The lowest BCUT2D eigenvalue weighted by Crippen LogP contribution is -2.36.